The first-order valence-electron chi connectivity index (χ1n) is 20.4. The van der Waals surface area contributed by atoms with Gasteiger partial charge in [0.1, 0.15) is 0 Å². The third-order valence-corrected chi connectivity index (χ3v) is 24.1. The average Bonchev–Trinajstić information content (AvgIpc) is 3.84. The van der Waals surface area contributed by atoms with Crippen LogP contribution >= 0.6 is 0 Å². The Morgan fingerprint density at radius 1 is 0.339 bits per heavy atom. The Morgan fingerprint density at radius 2 is 0.821 bits per heavy atom. The van der Waals surface area contributed by atoms with Gasteiger partial charge in [-0.25, -0.2) is 0 Å². The van der Waals surface area contributed by atoms with E-state index in [1.165, 1.54) is 105 Å². The Hall–Kier alpha value is -5.90. The van der Waals surface area contributed by atoms with E-state index in [9.17, 15) is 0 Å². The van der Waals surface area contributed by atoms with Crippen LogP contribution < -0.4 is 22.5 Å². The zero-order valence-corrected chi connectivity index (χ0v) is 33.5. The zero-order chi connectivity index (χ0) is 36.8. The molecule has 2 aliphatic heterocycles. The molecule has 0 unspecified atom stereocenters. The fraction of sp³-hybridized carbons (Fsp3) is 0.111. The van der Waals surface area contributed by atoms with E-state index < -0.39 is 13.3 Å². The van der Waals surface area contributed by atoms with Crippen LogP contribution in [0.3, 0.4) is 0 Å². The maximum absolute atomic E-state index is 3.37. The third-order valence-electron chi connectivity index (χ3n) is 13.7. The van der Waals surface area contributed by atoms with Crippen molar-refractivity contribution in [2.24, 2.45) is 0 Å². The van der Waals surface area contributed by atoms with Crippen LogP contribution in [-0.2, 0) is 5.41 Å². The zero-order valence-electron chi connectivity index (χ0n) is 31.4. The summed E-state index contributed by atoms with van der Waals surface area (Å²) in [5, 5.41) is 0. The fourth-order valence-corrected chi connectivity index (χ4v) is 23.2. The summed E-state index contributed by atoms with van der Waals surface area (Å²) in [5.41, 5.74) is 17.7. The molecular formula is C54H41GeN. The van der Waals surface area contributed by atoms with Gasteiger partial charge >= 0.3 is 334 Å². The van der Waals surface area contributed by atoms with Gasteiger partial charge in [0.25, 0.3) is 0 Å². The number of anilines is 3. The van der Waals surface area contributed by atoms with Gasteiger partial charge in [0, 0.05) is 0 Å². The second-order valence-corrected chi connectivity index (χ2v) is 24.0. The van der Waals surface area contributed by atoms with E-state index in [4.69, 9.17) is 0 Å². The van der Waals surface area contributed by atoms with E-state index in [0.717, 1.165) is 0 Å². The Morgan fingerprint density at radius 3 is 1.48 bits per heavy atom. The average molecular weight is 777 g/mol. The van der Waals surface area contributed by atoms with Crippen LogP contribution in [0.4, 0.5) is 17.1 Å². The van der Waals surface area contributed by atoms with Crippen molar-refractivity contribution in [3.63, 3.8) is 0 Å². The monoisotopic (exact) mass is 777 g/mol. The van der Waals surface area contributed by atoms with E-state index in [1.54, 1.807) is 17.6 Å². The van der Waals surface area contributed by atoms with Crippen molar-refractivity contribution in [2.45, 2.75) is 37.5 Å². The van der Waals surface area contributed by atoms with E-state index >= 15 is 0 Å². The molecule has 0 saturated heterocycles. The topological polar surface area (TPSA) is 3.24 Å². The molecule has 2 heteroatoms. The summed E-state index contributed by atoms with van der Waals surface area (Å²) < 4.78 is 6.22. The van der Waals surface area contributed by atoms with Crippen molar-refractivity contribution < 1.29 is 0 Å². The number of hydrogen-bond acceptors (Lipinski definition) is 1. The summed E-state index contributed by atoms with van der Waals surface area (Å²) in [6.07, 6.45) is 6.42. The van der Waals surface area contributed by atoms with E-state index in [-0.39, 0.29) is 5.41 Å². The van der Waals surface area contributed by atoms with Gasteiger partial charge in [-0.05, 0) is 0 Å². The van der Waals surface area contributed by atoms with Crippen LogP contribution in [0, 0.1) is 0 Å². The van der Waals surface area contributed by atoms with E-state index in [1.807, 2.05) is 0 Å². The molecule has 0 atom stereocenters. The molecule has 0 amide bonds. The van der Waals surface area contributed by atoms with Gasteiger partial charge in [-0.15, -0.1) is 0 Å². The Kier molecular flexibility index (Phi) is 7.11. The molecule has 2 aliphatic carbocycles. The van der Waals surface area contributed by atoms with Gasteiger partial charge in [0.2, 0.25) is 0 Å². The second kappa shape index (κ2) is 12.3. The van der Waals surface area contributed by atoms with Crippen molar-refractivity contribution in [3.05, 3.63) is 199 Å². The molecule has 2 heterocycles. The first kappa shape index (κ1) is 32.4. The number of hydrogen-bond donors (Lipinski definition) is 0. The van der Waals surface area contributed by atoms with Crippen LogP contribution in [0.25, 0.3) is 44.5 Å². The molecule has 0 aromatic heterocycles. The predicted octanol–water partition coefficient (Wildman–Crippen LogP) is 11.4. The molecule has 1 fully saturated rings. The molecule has 8 aromatic rings. The molecule has 4 aliphatic rings. The minimum atomic E-state index is -3.37. The van der Waals surface area contributed by atoms with Gasteiger partial charge in [-0.3, -0.25) is 0 Å². The maximum atomic E-state index is 2.60. The van der Waals surface area contributed by atoms with Crippen LogP contribution in [0.2, 0.25) is 0 Å². The van der Waals surface area contributed by atoms with Crippen molar-refractivity contribution in [2.75, 3.05) is 4.90 Å². The van der Waals surface area contributed by atoms with Crippen molar-refractivity contribution in [1.82, 2.24) is 0 Å². The number of nitrogens with zero attached hydrogens (tertiary/aromatic N) is 1. The summed E-state index contributed by atoms with van der Waals surface area (Å²) in [5.74, 6) is 0. The molecule has 0 radical (unpaired) electrons. The summed E-state index contributed by atoms with van der Waals surface area (Å²) >= 11 is -3.37. The fourth-order valence-electron chi connectivity index (χ4n) is 11.4. The summed E-state index contributed by atoms with van der Waals surface area (Å²) in [4.78, 5) is 2.54. The Bertz CT molecular complexity index is 2780. The van der Waals surface area contributed by atoms with Crippen LogP contribution in [-0.4, -0.2) is 13.3 Å². The standard InChI is InChI=1S/C54H41GeN/c1-3-15-37(16-4-1)38-25-27-39(28-26-38)56(40-30-32-49-47(35-40)42-17-5-9-21-48(42)54(49)33-13-2-14-34-54)41-29-31-46-45-20-8-12-24-52(45)55(53(46)36-41)50-22-10-6-18-43(50)44-19-7-11-23-51(44)55/h1,3-12,15-32,35-36H,2,13-14,33-34H2. The number of benzene rings is 8. The molecule has 1 nitrogen and oxygen atoms in total. The Labute approximate surface area is 332 Å². The SMILES string of the molecule is c1ccc(-c2ccc(N(c3ccc4c(c3)-c3ccccc3C43CCCCC3)c3ccc4[c](c3)[Ge]3([c]5ccccc5-c5cccc[c]53)[c]3ccccc3-4)cc2)cc1. The number of rotatable bonds is 4. The second-order valence-electron chi connectivity index (χ2n) is 16.3. The first-order valence-corrected chi connectivity index (χ1v) is 24.6. The molecule has 2 spiro atoms. The van der Waals surface area contributed by atoms with Gasteiger partial charge in [-0.1, -0.05) is 0 Å². The van der Waals surface area contributed by atoms with Gasteiger partial charge in [-0.2, -0.15) is 0 Å². The van der Waals surface area contributed by atoms with Crippen molar-refractivity contribution in [3.8, 4) is 44.5 Å². The summed E-state index contributed by atoms with van der Waals surface area (Å²) in [7, 11) is 0. The summed E-state index contributed by atoms with van der Waals surface area (Å²) in [6, 6.07) is 72.1. The van der Waals surface area contributed by atoms with Crippen molar-refractivity contribution >= 4 is 47.9 Å². The normalized spacial score (nSPS) is 15.8. The van der Waals surface area contributed by atoms with E-state index in [2.05, 4.69) is 193 Å². The van der Waals surface area contributed by atoms with Crippen molar-refractivity contribution in [1.29, 1.82) is 0 Å². The quantitative estimate of drug-likeness (QED) is 0.161. The molecule has 8 aromatic carbocycles. The molecule has 266 valence electrons. The molecule has 0 bridgehead atoms. The minimum absolute atomic E-state index is 0.132. The van der Waals surface area contributed by atoms with E-state index in [0.29, 0.717) is 0 Å². The van der Waals surface area contributed by atoms with Crippen LogP contribution in [0.15, 0.2) is 188 Å². The van der Waals surface area contributed by atoms with Gasteiger partial charge in [0.05, 0.1) is 0 Å². The summed E-state index contributed by atoms with van der Waals surface area (Å²) in [6.45, 7) is 0. The van der Waals surface area contributed by atoms with Gasteiger partial charge in [0.15, 0.2) is 0 Å². The third kappa shape index (κ3) is 4.38. The molecule has 0 N–H and O–H groups in total. The molecule has 56 heavy (non-hydrogen) atoms. The first-order chi connectivity index (χ1) is 27.8. The van der Waals surface area contributed by atoms with Crippen LogP contribution in [0.5, 0.6) is 0 Å². The predicted molar refractivity (Wildman–Crippen MR) is 237 cm³/mol. The Balaban J connectivity index is 1.09. The van der Waals surface area contributed by atoms with Gasteiger partial charge < -0.3 is 0 Å². The molecular weight excluding hydrogens is 735 g/mol. The van der Waals surface area contributed by atoms with Crippen LogP contribution in [0.1, 0.15) is 43.2 Å². The molecule has 12 rings (SSSR count). The number of fused-ring (bicyclic) bond motifs is 15. The molecule has 1 saturated carbocycles.